The molecule has 0 spiro atoms. The number of hydrogen-bond acceptors (Lipinski definition) is 7. The number of aliphatic hydroxyl groups excluding tert-OH is 2. The third kappa shape index (κ3) is 6.21. The van der Waals surface area contributed by atoms with Gasteiger partial charge in [0, 0.05) is 53.8 Å². The number of fused-ring (bicyclic) bond motifs is 4. The van der Waals surface area contributed by atoms with Gasteiger partial charge in [0.15, 0.2) is 11.5 Å². The number of methoxy groups -OCH3 is 1. The van der Waals surface area contributed by atoms with E-state index in [-0.39, 0.29) is 19.1 Å². The van der Waals surface area contributed by atoms with Gasteiger partial charge in [-0.05, 0) is 48.1 Å². The number of aldehydes is 1. The number of hydrogen-bond donors (Lipinski definition) is 4. The maximum absolute atomic E-state index is 14.0. The predicted octanol–water partition coefficient (Wildman–Crippen LogP) is 3.65. The van der Waals surface area contributed by atoms with Crippen LogP contribution in [0.2, 0.25) is 0 Å². The van der Waals surface area contributed by atoms with Crippen LogP contribution in [0.5, 0.6) is 11.5 Å². The van der Waals surface area contributed by atoms with Gasteiger partial charge in [-0.3, -0.25) is 14.4 Å². The molecular weight excluding hydrogens is 574 g/mol. The Balaban J connectivity index is 1.36. The average molecular weight is 616 g/mol. The molecule has 3 aromatic rings. The summed E-state index contributed by atoms with van der Waals surface area (Å²) < 4.78 is 11.8. The Morgan fingerprint density at radius 3 is 2.71 bits per heavy atom. The van der Waals surface area contributed by atoms with E-state index >= 15 is 0 Å². The van der Waals surface area contributed by atoms with Crippen LogP contribution >= 0.6 is 0 Å². The summed E-state index contributed by atoms with van der Waals surface area (Å²) >= 11 is 0. The van der Waals surface area contributed by atoms with Gasteiger partial charge in [0.1, 0.15) is 18.5 Å². The molecule has 3 aliphatic rings. The van der Waals surface area contributed by atoms with Crippen molar-refractivity contribution in [3.05, 3.63) is 70.9 Å². The Morgan fingerprint density at radius 2 is 1.98 bits per heavy atom. The molecule has 1 saturated carbocycles. The van der Waals surface area contributed by atoms with Gasteiger partial charge in [0.25, 0.3) is 0 Å². The van der Waals surface area contributed by atoms with Crippen LogP contribution in [0.25, 0.3) is 10.9 Å². The first-order valence-corrected chi connectivity index (χ1v) is 15.9. The average Bonchev–Trinajstić information content (AvgIpc) is 3.82. The molecule has 45 heavy (non-hydrogen) atoms. The highest BCUT2D eigenvalue weighted by molar-refractivity contribution is 5.96. The normalized spacial score (nSPS) is 22.3. The molecule has 1 fully saturated rings. The minimum atomic E-state index is -1.17. The van der Waals surface area contributed by atoms with E-state index in [1.165, 1.54) is 20.0 Å². The van der Waals surface area contributed by atoms with Gasteiger partial charge in [-0.1, -0.05) is 43.9 Å². The van der Waals surface area contributed by atoms with Gasteiger partial charge < -0.3 is 34.9 Å². The maximum Gasteiger partial charge on any atom is 0.247 e. The molecule has 0 bridgehead atoms. The number of nitrogens with one attached hydrogen (secondary N) is 2. The van der Waals surface area contributed by atoms with E-state index in [0.717, 1.165) is 35.9 Å². The fourth-order valence-electron chi connectivity index (χ4n) is 7.28. The second-order valence-electron chi connectivity index (χ2n) is 12.3. The highest BCUT2D eigenvalue weighted by Gasteiger charge is 2.51. The Bertz CT molecular complexity index is 1560. The lowest BCUT2D eigenvalue weighted by Crippen LogP contribution is -2.56. The molecule has 2 heterocycles. The Kier molecular flexibility index (Phi) is 9.23. The number of H-pyrrole nitrogens is 1. The number of aliphatic hydroxyl groups is 2. The topological polar surface area (TPSA) is 141 Å². The number of carbonyl (C=O) groups excluding carboxylic acids is 3. The SMILES string of the molecule is COc1cc(C=O)cc2c1OC1C2C(C(=O)NCCO)=CC(N(CCc2cc3ccccc3[nH]2)C(=O)CCC2CCCC2)C1O. The third-order valence-electron chi connectivity index (χ3n) is 9.54. The Labute approximate surface area is 262 Å². The van der Waals surface area contributed by atoms with Crippen molar-refractivity contribution in [2.45, 2.75) is 69.1 Å². The van der Waals surface area contributed by atoms with Crippen LogP contribution in [0.1, 0.15) is 66.1 Å². The van der Waals surface area contributed by atoms with Gasteiger partial charge in [0.05, 0.1) is 25.7 Å². The molecular formula is C35H41N3O7. The summed E-state index contributed by atoms with van der Waals surface area (Å²) in [5.41, 5.74) is 3.20. The van der Waals surface area contributed by atoms with Crippen molar-refractivity contribution in [3.63, 3.8) is 0 Å². The summed E-state index contributed by atoms with van der Waals surface area (Å²) in [6.07, 6.45) is 6.61. The predicted molar refractivity (Wildman–Crippen MR) is 168 cm³/mol. The van der Waals surface area contributed by atoms with E-state index in [1.807, 2.05) is 24.3 Å². The van der Waals surface area contributed by atoms with Crippen molar-refractivity contribution in [2.75, 3.05) is 26.8 Å². The number of aromatic nitrogens is 1. The zero-order valence-electron chi connectivity index (χ0n) is 25.5. The number of ether oxygens (including phenoxy) is 2. The number of benzene rings is 2. The minimum Gasteiger partial charge on any atom is -0.493 e. The van der Waals surface area contributed by atoms with Crippen molar-refractivity contribution in [1.82, 2.24) is 15.2 Å². The molecule has 6 rings (SSSR count). The number of carbonyl (C=O) groups is 3. The standard InChI is InChI=1S/C35H41N3O7/c1-44-29-17-22(20-40)16-25-31-26(35(43)36-13-15-39)19-28(32(42)34(31)45-33(25)29)38(30(41)11-10-21-6-2-3-7-21)14-12-24-18-23-8-4-5-9-27(23)37-24/h4-5,8-9,16-21,28,31-32,34,37,39,42H,2-3,6-7,10-15H2,1H3,(H,36,43). The smallest absolute Gasteiger partial charge is 0.247 e. The van der Waals surface area contributed by atoms with Gasteiger partial charge in [-0.2, -0.15) is 0 Å². The lowest BCUT2D eigenvalue weighted by molar-refractivity contribution is -0.137. The van der Waals surface area contributed by atoms with Crippen molar-refractivity contribution >= 4 is 29.0 Å². The second kappa shape index (κ2) is 13.5. The molecule has 4 N–H and O–H groups in total. The first-order valence-electron chi connectivity index (χ1n) is 15.9. The lowest BCUT2D eigenvalue weighted by atomic mass is 9.77. The molecule has 0 saturated heterocycles. The first-order chi connectivity index (χ1) is 21.9. The third-order valence-corrected chi connectivity index (χ3v) is 9.54. The summed E-state index contributed by atoms with van der Waals surface area (Å²) in [4.78, 5) is 44.5. The highest BCUT2D eigenvalue weighted by atomic mass is 16.5. The van der Waals surface area contributed by atoms with Gasteiger partial charge in [0.2, 0.25) is 11.8 Å². The van der Waals surface area contributed by atoms with Crippen molar-refractivity contribution < 1.29 is 34.1 Å². The Hall–Kier alpha value is -4.15. The molecule has 0 radical (unpaired) electrons. The van der Waals surface area contributed by atoms with Crippen LogP contribution in [0.4, 0.5) is 0 Å². The largest absolute Gasteiger partial charge is 0.493 e. The summed E-state index contributed by atoms with van der Waals surface area (Å²) in [7, 11) is 1.47. The van der Waals surface area contributed by atoms with E-state index in [9.17, 15) is 24.6 Å². The molecule has 238 valence electrons. The van der Waals surface area contributed by atoms with Crippen molar-refractivity contribution in [2.24, 2.45) is 5.92 Å². The monoisotopic (exact) mass is 615 g/mol. The quantitative estimate of drug-likeness (QED) is 0.228. The fourth-order valence-corrected chi connectivity index (χ4v) is 7.28. The minimum absolute atomic E-state index is 0.0383. The van der Waals surface area contributed by atoms with Crippen LogP contribution in [-0.4, -0.2) is 83.3 Å². The highest BCUT2D eigenvalue weighted by Crippen LogP contribution is 2.51. The van der Waals surface area contributed by atoms with Crippen LogP contribution in [0, 0.1) is 5.92 Å². The van der Waals surface area contributed by atoms with E-state index in [0.29, 0.717) is 59.8 Å². The van der Waals surface area contributed by atoms with Crippen LogP contribution in [0.3, 0.4) is 0 Å². The van der Waals surface area contributed by atoms with E-state index in [2.05, 4.69) is 16.4 Å². The summed E-state index contributed by atoms with van der Waals surface area (Å²) in [5, 5.41) is 25.2. The van der Waals surface area contributed by atoms with Crippen molar-refractivity contribution in [3.8, 4) is 11.5 Å². The molecule has 2 aliphatic carbocycles. The summed E-state index contributed by atoms with van der Waals surface area (Å²) in [6.45, 7) is 0.116. The summed E-state index contributed by atoms with van der Waals surface area (Å²) in [5.74, 6) is -0.0161. The first kappa shape index (κ1) is 30.9. The summed E-state index contributed by atoms with van der Waals surface area (Å²) in [6, 6.07) is 12.4. The van der Waals surface area contributed by atoms with E-state index < -0.39 is 30.1 Å². The zero-order valence-corrected chi connectivity index (χ0v) is 25.5. The number of aromatic amines is 1. The lowest BCUT2D eigenvalue weighted by Gasteiger charge is -2.41. The van der Waals surface area contributed by atoms with E-state index in [1.54, 1.807) is 23.1 Å². The van der Waals surface area contributed by atoms with Gasteiger partial charge in [-0.25, -0.2) is 0 Å². The maximum atomic E-state index is 14.0. The molecule has 10 heteroatoms. The molecule has 4 atom stereocenters. The van der Waals surface area contributed by atoms with Crippen molar-refractivity contribution in [1.29, 1.82) is 0 Å². The van der Waals surface area contributed by atoms with Crippen LogP contribution < -0.4 is 14.8 Å². The van der Waals surface area contributed by atoms with Gasteiger partial charge in [-0.15, -0.1) is 0 Å². The molecule has 10 nitrogen and oxygen atoms in total. The molecule has 2 aromatic carbocycles. The zero-order chi connectivity index (χ0) is 31.5. The van der Waals surface area contributed by atoms with E-state index in [4.69, 9.17) is 9.47 Å². The Morgan fingerprint density at radius 1 is 1.18 bits per heavy atom. The number of nitrogens with zero attached hydrogens (tertiary/aromatic N) is 1. The number of para-hydroxylation sites is 1. The van der Waals surface area contributed by atoms with Crippen LogP contribution in [0.15, 0.2) is 54.1 Å². The fraction of sp³-hybridized carbons (Fsp3) is 0.457. The molecule has 1 aliphatic heterocycles. The second-order valence-corrected chi connectivity index (χ2v) is 12.3. The number of amides is 2. The van der Waals surface area contributed by atoms with Gasteiger partial charge >= 0.3 is 0 Å². The number of rotatable bonds is 12. The molecule has 4 unspecified atom stereocenters. The van der Waals surface area contributed by atoms with Crippen LogP contribution in [-0.2, 0) is 16.0 Å². The molecule has 2 amide bonds. The molecule has 1 aromatic heterocycles.